The Kier molecular flexibility index (Phi) is 7.76. The number of carbonyl (C=O) groups is 2. The SMILES string of the molecule is CC(C)CN(/C=C(/C#N)C(=O)N1CCC(C(=O)O)CC1)CC(C)C. The van der Waals surface area contributed by atoms with Gasteiger partial charge >= 0.3 is 5.97 Å². The molecule has 0 aromatic carbocycles. The summed E-state index contributed by atoms with van der Waals surface area (Å²) in [5.74, 6) is -0.623. The van der Waals surface area contributed by atoms with E-state index in [2.05, 4.69) is 27.7 Å². The largest absolute Gasteiger partial charge is 0.481 e. The lowest BCUT2D eigenvalue weighted by atomic mass is 9.97. The van der Waals surface area contributed by atoms with Gasteiger partial charge in [0.05, 0.1) is 5.92 Å². The van der Waals surface area contributed by atoms with Crippen molar-refractivity contribution in [3.63, 3.8) is 0 Å². The minimum Gasteiger partial charge on any atom is -0.481 e. The molecule has 0 bridgehead atoms. The van der Waals surface area contributed by atoms with Crippen molar-refractivity contribution in [3.05, 3.63) is 11.8 Å². The molecule has 1 fully saturated rings. The van der Waals surface area contributed by atoms with Gasteiger partial charge in [-0.15, -0.1) is 0 Å². The maximum atomic E-state index is 12.6. The average molecular weight is 335 g/mol. The third-order valence-corrected chi connectivity index (χ3v) is 3.99. The molecule has 0 spiro atoms. The molecule has 1 rings (SSSR count). The van der Waals surface area contributed by atoms with Crippen molar-refractivity contribution in [1.29, 1.82) is 5.26 Å². The first kappa shape index (κ1) is 20.0. The zero-order valence-corrected chi connectivity index (χ0v) is 15.2. The van der Waals surface area contributed by atoms with Crippen LogP contribution in [0.5, 0.6) is 0 Å². The Morgan fingerprint density at radius 2 is 1.71 bits per heavy atom. The first-order valence-corrected chi connectivity index (χ1v) is 8.62. The molecule has 6 nitrogen and oxygen atoms in total. The molecule has 6 heteroatoms. The van der Waals surface area contributed by atoms with Crippen LogP contribution < -0.4 is 0 Å². The van der Waals surface area contributed by atoms with Crippen LogP contribution in [0.25, 0.3) is 0 Å². The summed E-state index contributed by atoms with van der Waals surface area (Å²) in [7, 11) is 0. The highest BCUT2D eigenvalue weighted by molar-refractivity contribution is 5.97. The van der Waals surface area contributed by atoms with Crippen LogP contribution in [0.2, 0.25) is 0 Å². The molecule has 1 aliphatic rings. The highest BCUT2D eigenvalue weighted by atomic mass is 16.4. The quantitative estimate of drug-likeness (QED) is 0.570. The molecule has 1 heterocycles. The third-order valence-electron chi connectivity index (χ3n) is 3.99. The van der Waals surface area contributed by atoms with E-state index in [1.54, 1.807) is 11.1 Å². The topological polar surface area (TPSA) is 84.6 Å². The highest BCUT2D eigenvalue weighted by Crippen LogP contribution is 2.19. The number of carboxylic acids is 1. The van der Waals surface area contributed by atoms with Crippen molar-refractivity contribution in [3.8, 4) is 6.07 Å². The fraction of sp³-hybridized carbons (Fsp3) is 0.722. The molecular weight excluding hydrogens is 306 g/mol. The minimum absolute atomic E-state index is 0.130. The van der Waals surface area contributed by atoms with Gasteiger partial charge in [-0.2, -0.15) is 5.26 Å². The average Bonchev–Trinajstić information content (AvgIpc) is 2.50. The molecule has 1 N–H and O–H groups in total. The fourth-order valence-corrected chi connectivity index (χ4v) is 2.93. The lowest BCUT2D eigenvalue weighted by Crippen LogP contribution is -2.41. The maximum Gasteiger partial charge on any atom is 0.306 e. The smallest absolute Gasteiger partial charge is 0.306 e. The number of rotatable bonds is 7. The number of hydrogen-bond donors (Lipinski definition) is 1. The molecule has 0 aromatic rings. The maximum absolute atomic E-state index is 12.6. The van der Waals surface area contributed by atoms with E-state index in [1.165, 1.54) is 0 Å². The second-order valence-corrected chi connectivity index (χ2v) is 7.30. The van der Waals surface area contributed by atoms with Gasteiger partial charge in [-0.1, -0.05) is 27.7 Å². The summed E-state index contributed by atoms with van der Waals surface area (Å²) >= 11 is 0. The summed E-state index contributed by atoms with van der Waals surface area (Å²) < 4.78 is 0. The predicted octanol–water partition coefficient (Wildman–Crippen LogP) is 2.33. The standard InChI is InChI=1S/C18H29N3O3/c1-13(2)10-20(11-14(3)4)12-16(9-19)17(22)21-7-5-15(6-8-21)18(23)24/h12-15H,5-8,10-11H2,1-4H3,(H,23,24)/b16-12-. The summed E-state index contributed by atoms with van der Waals surface area (Å²) in [5, 5.41) is 18.4. The van der Waals surface area contributed by atoms with E-state index in [0.717, 1.165) is 13.1 Å². The van der Waals surface area contributed by atoms with Gasteiger partial charge in [-0.3, -0.25) is 9.59 Å². The van der Waals surface area contributed by atoms with Gasteiger partial charge in [0.2, 0.25) is 0 Å². The number of hydrogen-bond acceptors (Lipinski definition) is 4. The highest BCUT2D eigenvalue weighted by Gasteiger charge is 2.28. The van der Waals surface area contributed by atoms with Gasteiger partial charge in [0.15, 0.2) is 0 Å². The van der Waals surface area contributed by atoms with Crippen LogP contribution in [0, 0.1) is 29.1 Å². The van der Waals surface area contributed by atoms with Gasteiger partial charge in [-0.05, 0) is 24.7 Å². The zero-order valence-electron chi connectivity index (χ0n) is 15.2. The van der Waals surface area contributed by atoms with Gasteiger partial charge in [0.25, 0.3) is 5.91 Å². The summed E-state index contributed by atoms with van der Waals surface area (Å²) in [4.78, 5) is 27.2. The Balaban J connectivity index is 2.80. The van der Waals surface area contributed by atoms with Crippen molar-refractivity contribution >= 4 is 11.9 Å². The molecule has 0 aliphatic carbocycles. The van der Waals surface area contributed by atoms with Crippen LogP contribution in [0.3, 0.4) is 0 Å². The number of nitrogens with zero attached hydrogens (tertiary/aromatic N) is 3. The zero-order chi connectivity index (χ0) is 18.3. The number of amides is 1. The molecule has 0 saturated carbocycles. The van der Waals surface area contributed by atoms with Crippen molar-refractivity contribution < 1.29 is 14.7 Å². The van der Waals surface area contributed by atoms with Crippen LogP contribution in [0.1, 0.15) is 40.5 Å². The number of aliphatic carboxylic acids is 1. The molecule has 24 heavy (non-hydrogen) atoms. The van der Waals surface area contributed by atoms with Crippen molar-refractivity contribution in [1.82, 2.24) is 9.80 Å². The van der Waals surface area contributed by atoms with Crippen LogP contribution >= 0.6 is 0 Å². The molecule has 0 aromatic heterocycles. The molecule has 1 saturated heterocycles. The van der Waals surface area contributed by atoms with E-state index in [1.807, 2.05) is 11.0 Å². The fourth-order valence-electron chi connectivity index (χ4n) is 2.93. The van der Waals surface area contributed by atoms with E-state index >= 15 is 0 Å². The summed E-state index contributed by atoms with van der Waals surface area (Å²) in [6.45, 7) is 10.8. The first-order chi connectivity index (χ1) is 11.2. The van der Waals surface area contributed by atoms with Gasteiger partial charge in [-0.25, -0.2) is 0 Å². The molecular formula is C18H29N3O3. The summed E-state index contributed by atoms with van der Waals surface area (Å²) in [5.41, 5.74) is 0.130. The number of nitriles is 1. The van der Waals surface area contributed by atoms with Crippen LogP contribution in [-0.2, 0) is 9.59 Å². The molecule has 0 unspecified atom stereocenters. The Morgan fingerprint density at radius 1 is 1.21 bits per heavy atom. The minimum atomic E-state index is -0.807. The third kappa shape index (κ3) is 6.23. The van der Waals surface area contributed by atoms with Crippen LogP contribution in [-0.4, -0.2) is 53.0 Å². The molecule has 1 amide bonds. The van der Waals surface area contributed by atoms with Gasteiger partial charge in [0.1, 0.15) is 11.6 Å². The van der Waals surface area contributed by atoms with E-state index in [0.29, 0.717) is 37.8 Å². The number of carboxylic acid groups (broad SMARTS) is 1. The van der Waals surface area contributed by atoms with Crippen molar-refractivity contribution in [2.24, 2.45) is 17.8 Å². The van der Waals surface area contributed by atoms with Crippen LogP contribution in [0.4, 0.5) is 0 Å². The van der Waals surface area contributed by atoms with E-state index in [-0.39, 0.29) is 17.4 Å². The lowest BCUT2D eigenvalue weighted by molar-refractivity contribution is -0.145. The molecule has 134 valence electrons. The number of likely N-dealkylation sites (tertiary alicyclic amines) is 1. The molecule has 1 aliphatic heterocycles. The Morgan fingerprint density at radius 3 is 2.08 bits per heavy atom. The van der Waals surface area contributed by atoms with Crippen molar-refractivity contribution in [2.75, 3.05) is 26.2 Å². The first-order valence-electron chi connectivity index (χ1n) is 8.62. The molecule has 0 atom stereocenters. The monoisotopic (exact) mass is 335 g/mol. The summed E-state index contributed by atoms with van der Waals surface area (Å²) in [6, 6.07) is 2.02. The van der Waals surface area contributed by atoms with Crippen LogP contribution in [0.15, 0.2) is 11.8 Å². The van der Waals surface area contributed by atoms with Crippen molar-refractivity contribution in [2.45, 2.75) is 40.5 Å². The Labute approximate surface area is 144 Å². The Hall–Kier alpha value is -2.03. The van der Waals surface area contributed by atoms with E-state index in [9.17, 15) is 14.9 Å². The normalized spacial score (nSPS) is 16.4. The number of carbonyl (C=O) groups excluding carboxylic acids is 1. The van der Waals surface area contributed by atoms with E-state index < -0.39 is 5.97 Å². The summed E-state index contributed by atoms with van der Waals surface area (Å²) in [6.07, 6.45) is 2.56. The Bertz CT molecular complexity index is 502. The van der Waals surface area contributed by atoms with E-state index in [4.69, 9.17) is 5.11 Å². The predicted molar refractivity (Wildman–Crippen MR) is 91.9 cm³/mol. The van der Waals surface area contributed by atoms with Gasteiger partial charge in [0, 0.05) is 32.4 Å². The molecule has 0 radical (unpaired) electrons. The second-order valence-electron chi connectivity index (χ2n) is 7.30. The second kappa shape index (κ2) is 9.31. The lowest BCUT2D eigenvalue weighted by Gasteiger charge is -2.30. The number of piperidine rings is 1. The van der Waals surface area contributed by atoms with Gasteiger partial charge < -0.3 is 14.9 Å².